The van der Waals surface area contributed by atoms with Crippen LogP contribution in [0.3, 0.4) is 0 Å². The normalized spacial score (nSPS) is 17.2. The zero-order chi connectivity index (χ0) is 21.0. The Hall–Kier alpha value is -2.00. The SMILES string of the molecule is COc1ccc(C(CNS(=O)(=O)c2ccc(F)c(C)c2)N2CCN(C)CC2)cc1. The van der Waals surface area contributed by atoms with Crippen LogP contribution in [0.4, 0.5) is 4.39 Å². The minimum absolute atomic E-state index is 0.0725. The molecule has 8 heteroatoms. The van der Waals surface area contributed by atoms with Crippen LogP contribution in [0.25, 0.3) is 0 Å². The molecule has 0 radical (unpaired) electrons. The number of ether oxygens (including phenoxy) is 1. The number of aryl methyl sites for hydroxylation is 1. The van der Waals surface area contributed by atoms with Gasteiger partial charge in [-0.25, -0.2) is 17.5 Å². The molecule has 1 aliphatic rings. The standard InChI is InChI=1S/C21H28FN3O3S/c1-16-14-19(8-9-20(16)22)29(26,27)23-15-21(25-12-10-24(2)11-13-25)17-4-6-18(28-3)7-5-17/h4-9,14,21,23H,10-13,15H2,1-3H3. The van der Waals surface area contributed by atoms with Crippen molar-refractivity contribution < 1.29 is 17.5 Å². The number of hydrogen-bond donors (Lipinski definition) is 1. The zero-order valence-corrected chi connectivity index (χ0v) is 17.9. The van der Waals surface area contributed by atoms with Crippen molar-refractivity contribution >= 4 is 10.0 Å². The first kappa shape index (κ1) is 21.7. The Kier molecular flexibility index (Phi) is 6.89. The lowest BCUT2D eigenvalue weighted by atomic mass is 10.0. The maximum absolute atomic E-state index is 13.5. The molecule has 0 amide bonds. The number of hydrogen-bond acceptors (Lipinski definition) is 5. The lowest BCUT2D eigenvalue weighted by molar-refractivity contribution is 0.113. The van der Waals surface area contributed by atoms with E-state index < -0.39 is 15.8 Å². The van der Waals surface area contributed by atoms with Crippen LogP contribution < -0.4 is 9.46 Å². The van der Waals surface area contributed by atoms with E-state index in [1.165, 1.54) is 18.2 Å². The fourth-order valence-corrected chi connectivity index (χ4v) is 4.60. The molecule has 1 N–H and O–H groups in total. The fourth-order valence-electron chi connectivity index (χ4n) is 3.47. The van der Waals surface area contributed by atoms with Gasteiger partial charge in [0.25, 0.3) is 0 Å². The Morgan fingerprint density at radius 3 is 2.34 bits per heavy atom. The quantitative estimate of drug-likeness (QED) is 0.744. The van der Waals surface area contributed by atoms with Crippen LogP contribution in [-0.4, -0.2) is 65.1 Å². The molecule has 0 spiro atoms. The number of rotatable bonds is 7. The van der Waals surface area contributed by atoms with Gasteiger partial charge in [-0.2, -0.15) is 0 Å². The highest BCUT2D eigenvalue weighted by Crippen LogP contribution is 2.25. The highest BCUT2D eigenvalue weighted by molar-refractivity contribution is 7.89. The Morgan fingerprint density at radius 2 is 1.76 bits per heavy atom. The monoisotopic (exact) mass is 421 g/mol. The van der Waals surface area contributed by atoms with Gasteiger partial charge >= 0.3 is 0 Å². The summed E-state index contributed by atoms with van der Waals surface area (Å²) in [6.07, 6.45) is 0. The van der Waals surface area contributed by atoms with Crippen molar-refractivity contribution in [3.05, 3.63) is 59.4 Å². The molecule has 0 aliphatic carbocycles. The number of halogens is 1. The molecule has 0 bridgehead atoms. The third-order valence-corrected chi connectivity index (χ3v) is 6.81. The molecule has 6 nitrogen and oxygen atoms in total. The van der Waals surface area contributed by atoms with Crippen LogP contribution in [-0.2, 0) is 10.0 Å². The average molecular weight is 422 g/mol. The van der Waals surface area contributed by atoms with Crippen LogP contribution in [0.15, 0.2) is 47.4 Å². The summed E-state index contributed by atoms with van der Waals surface area (Å²) in [5, 5.41) is 0. The molecule has 29 heavy (non-hydrogen) atoms. The predicted molar refractivity (Wildman–Crippen MR) is 111 cm³/mol. The number of benzene rings is 2. The van der Waals surface area contributed by atoms with E-state index in [1.807, 2.05) is 24.3 Å². The molecule has 3 rings (SSSR count). The third-order valence-electron chi connectivity index (χ3n) is 5.39. The molecule has 1 heterocycles. The smallest absolute Gasteiger partial charge is 0.240 e. The van der Waals surface area contributed by atoms with Crippen LogP contribution in [0.1, 0.15) is 17.2 Å². The Bertz CT molecular complexity index is 927. The van der Waals surface area contributed by atoms with Gasteiger partial charge in [0.2, 0.25) is 10.0 Å². The third kappa shape index (κ3) is 5.33. The molecular weight excluding hydrogens is 393 g/mol. The van der Waals surface area contributed by atoms with Gasteiger partial charge in [0.1, 0.15) is 11.6 Å². The second-order valence-corrected chi connectivity index (χ2v) is 9.16. The van der Waals surface area contributed by atoms with E-state index in [1.54, 1.807) is 14.0 Å². The van der Waals surface area contributed by atoms with Gasteiger partial charge < -0.3 is 9.64 Å². The molecule has 1 unspecified atom stereocenters. The molecule has 0 aromatic heterocycles. The molecule has 2 aromatic carbocycles. The van der Waals surface area contributed by atoms with E-state index >= 15 is 0 Å². The van der Waals surface area contributed by atoms with Gasteiger partial charge in [-0.15, -0.1) is 0 Å². The summed E-state index contributed by atoms with van der Waals surface area (Å²) in [5.41, 5.74) is 1.33. The number of methoxy groups -OCH3 is 1. The molecule has 1 atom stereocenters. The molecule has 1 aliphatic heterocycles. The summed E-state index contributed by atoms with van der Waals surface area (Å²) in [7, 11) is -0.0438. The Labute approximate surface area is 172 Å². The van der Waals surface area contributed by atoms with E-state index in [-0.39, 0.29) is 17.5 Å². The second-order valence-electron chi connectivity index (χ2n) is 7.39. The molecule has 0 saturated carbocycles. The summed E-state index contributed by atoms with van der Waals surface area (Å²) in [6.45, 7) is 5.34. The van der Waals surface area contributed by atoms with Crippen molar-refractivity contribution in [3.8, 4) is 5.75 Å². The number of nitrogens with one attached hydrogen (secondary N) is 1. The molecule has 1 saturated heterocycles. The first-order chi connectivity index (χ1) is 13.8. The van der Waals surface area contributed by atoms with Gasteiger partial charge in [0.05, 0.1) is 12.0 Å². The van der Waals surface area contributed by atoms with E-state index in [9.17, 15) is 12.8 Å². The molecule has 1 fully saturated rings. The van der Waals surface area contributed by atoms with Gasteiger partial charge in [-0.1, -0.05) is 12.1 Å². The molecular formula is C21H28FN3O3S. The topological polar surface area (TPSA) is 61.9 Å². The minimum Gasteiger partial charge on any atom is -0.497 e. The lowest BCUT2D eigenvalue weighted by Crippen LogP contribution is -2.48. The van der Waals surface area contributed by atoms with Crippen molar-refractivity contribution in [3.63, 3.8) is 0 Å². The number of piperazine rings is 1. The van der Waals surface area contributed by atoms with Crippen LogP contribution in [0.5, 0.6) is 5.75 Å². The number of sulfonamides is 1. The van der Waals surface area contributed by atoms with Gasteiger partial charge in [-0.05, 0) is 55.4 Å². The summed E-state index contributed by atoms with van der Waals surface area (Å²) < 4.78 is 47.1. The van der Waals surface area contributed by atoms with Gasteiger partial charge in [0.15, 0.2) is 0 Å². The highest BCUT2D eigenvalue weighted by Gasteiger charge is 2.26. The van der Waals surface area contributed by atoms with E-state index in [4.69, 9.17) is 4.74 Å². The van der Waals surface area contributed by atoms with Crippen LogP contribution >= 0.6 is 0 Å². The van der Waals surface area contributed by atoms with Crippen LogP contribution in [0.2, 0.25) is 0 Å². The van der Waals surface area contributed by atoms with Gasteiger partial charge in [-0.3, -0.25) is 4.90 Å². The Morgan fingerprint density at radius 1 is 1.10 bits per heavy atom. The van der Waals surface area contributed by atoms with Crippen LogP contribution in [0, 0.1) is 12.7 Å². The first-order valence-electron chi connectivity index (χ1n) is 9.62. The molecule has 2 aromatic rings. The summed E-state index contributed by atoms with van der Waals surface area (Å²) in [4.78, 5) is 4.62. The van der Waals surface area contributed by atoms with Crippen molar-refractivity contribution in [2.75, 3.05) is 46.9 Å². The summed E-state index contributed by atoms with van der Waals surface area (Å²) >= 11 is 0. The minimum atomic E-state index is -3.74. The van der Waals surface area contributed by atoms with E-state index in [2.05, 4.69) is 21.6 Å². The number of likely N-dealkylation sites (N-methyl/N-ethyl adjacent to an activating group) is 1. The maximum Gasteiger partial charge on any atom is 0.240 e. The fraction of sp³-hybridized carbons (Fsp3) is 0.429. The van der Waals surface area contributed by atoms with Crippen molar-refractivity contribution in [1.82, 2.24) is 14.5 Å². The highest BCUT2D eigenvalue weighted by atomic mass is 32.2. The number of nitrogens with zero attached hydrogens (tertiary/aromatic N) is 2. The van der Waals surface area contributed by atoms with Crippen molar-refractivity contribution in [1.29, 1.82) is 0 Å². The summed E-state index contributed by atoms with van der Waals surface area (Å²) in [5.74, 6) is 0.339. The van der Waals surface area contributed by atoms with Crippen molar-refractivity contribution in [2.45, 2.75) is 17.9 Å². The van der Waals surface area contributed by atoms with Crippen molar-refractivity contribution in [2.24, 2.45) is 0 Å². The largest absolute Gasteiger partial charge is 0.497 e. The van der Waals surface area contributed by atoms with E-state index in [0.29, 0.717) is 5.56 Å². The predicted octanol–water partition coefficient (Wildman–Crippen LogP) is 2.41. The lowest BCUT2D eigenvalue weighted by Gasteiger charge is -2.38. The second kappa shape index (κ2) is 9.21. The Balaban J connectivity index is 1.81. The molecule has 158 valence electrons. The first-order valence-corrected chi connectivity index (χ1v) is 11.1. The van der Waals surface area contributed by atoms with Gasteiger partial charge in [0, 0.05) is 38.8 Å². The summed E-state index contributed by atoms with van der Waals surface area (Å²) in [6, 6.07) is 11.4. The maximum atomic E-state index is 13.5. The van der Waals surface area contributed by atoms with E-state index in [0.717, 1.165) is 37.5 Å². The zero-order valence-electron chi connectivity index (χ0n) is 17.1. The average Bonchev–Trinajstić information content (AvgIpc) is 2.71.